The fraction of sp³-hybridized carbons (Fsp3) is 0.387. The summed E-state index contributed by atoms with van der Waals surface area (Å²) in [6.45, 7) is 1.09. The van der Waals surface area contributed by atoms with E-state index in [1.54, 1.807) is 0 Å². The maximum absolute atomic E-state index is 13.8. The zero-order valence-corrected chi connectivity index (χ0v) is 22.3. The first kappa shape index (κ1) is 26.7. The summed E-state index contributed by atoms with van der Waals surface area (Å²) in [5.41, 5.74) is 0.289. The zero-order chi connectivity index (χ0) is 28.2. The summed E-state index contributed by atoms with van der Waals surface area (Å²) in [6, 6.07) is 11.9. The molecule has 204 valence electrons. The van der Waals surface area contributed by atoms with Gasteiger partial charge in [0.25, 0.3) is 0 Å². The molecule has 8 heteroatoms. The minimum atomic E-state index is -2.49. The number of Topliss-reactive ketones (excluding diaryl/α,β-unsaturated/α-hetero) is 3. The quantitative estimate of drug-likeness (QED) is 0.414. The summed E-state index contributed by atoms with van der Waals surface area (Å²) in [5, 5.41) is 45.1. The van der Waals surface area contributed by atoms with Gasteiger partial charge in [-0.05, 0) is 67.7 Å². The van der Waals surface area contributed by atoms with Gasteiger partial charge in [-0.3, -0.25) is 14.4 Å². The van der Waals surface area contributed by atoms with E-state index in [1.165, 1.54) is 5.56 Å². The molecule has 0 radical (unpaired) electrons. The van der Waals surface area contributed by atoms with Crippen molar-refractivity contribution < 1.29 is 34.8 Å². The van der Waals surface area contributed by atoms with E-state index in [-0.39, 0.29) is 29.7 Å². The highest BCUT2D eigenvalue weighted by Gasteiger charge is 2.60. The molecule has 0 aromatic heterocycles. The molecule has 0 heterocycles. The molecule has 2 aromatic rings. The van der Waals surface area contributed by atoms with Crippen LogP contribution >= 0.6 is 0 Å². The highest BCUT2D eigenvalue weighted by molar-refractivity contribution is 6.23. The third-order valence-corrected chi connectivity index (χ3v) is 8.46. The molecule has 1 fully saturated rings. The van der Waals surface area contributed by atoms with Crippen LogP contribution in [0.25, 0.3) is 5.76 Å². The number of carbonyl (C=O) groups is 3. The molecule has 1 saturated carbocycles. The molecule has 8 nitrogen and oxygen atoms in total. The number of hydrogen-bond donors (Lipinski definition) is 4. The van der Waals surface area contributed by atoms with E-state index in [1.807, 2.05) is 55.4 Å². The van der Waals surface area contributed by atoms with Crippen LogP contribution in [0.1, 0.15) is 48.4 Å². The van der Waals surface area contributed by atoms with Crippen LogP contribution in [0.5, 0.6) is 5.75 Å². The predicted molar refractivity (Wildman–Crippen MR) is 146 cm³/mol. The van der Waals surface area contributed by atoms with Gasteiger partial charge >= 0.3 is 0 Å². The molecular formula is C31H33NO7. The van der Waals surface area contributed by atoms with Crippen molar-refractivity contribution in [2.75, 3.05) is 19.0 Å². The molecular weight excluding hydrogens is 498 g/mol. The fourth-order valence-corrected chi connectivity index (χ4v) is 6.55. The van der Waals surface area contributed by atoms with Crippen molar-refractivity contribution in [2.24, 2.45) is 11.8 Å². The predicted octanol–water partition coefficient (Wildman–Crippen LogP) is 3.77. The van der Waals surface area contributed by atoms with E-state index in [4.69, 9.17) is 0 Å². The van der Waals surface area contributed by atoms with Crippen molar-refractivity contribution in [2.45, 2.75) is 51.0 Å². The summed E-state index contributed by atoms with van der Waals surface area (Å²) >= 11 is 0. The van der Waals surface area contributed by atoms with Crippen molar-refractivity contribution >= 4 is 28.8 Å². The number of phenolic OH excluding ortho intramolecular Hbond substituents is 1. The number of allylic oxidation sites excluding steroid dienone is 1. The minimum Gasteiger partial charge on any atom is -0.508 e. The van der Waals surface area contributed by atoms with Crippen molar-refractivity contribution in [3.05, 3.63) is 75.6 Å². The van der Waals surface area contributed by atoms with Crippen LogP contribution in [0.15, 0.2) is 53.3 Å². The molecule has 3 aliphatic rings. The number of hydrogen-bond acceptors (Lipinski definition) is 8. The number of anilines is 1. The van der Waals surface area contributed by atoms with Gasteiger partial charge in [0, 0.05) is 37.7 Å². The number of aliphatic hydroxyl groups excluding tert-OH is 2. The highest BCUT2D eigenvalue weighted by Crippen LogP contribution is 2.53. The number of ketones is 3. The molecule has 2 aromatic carbocycles. The van der Waals surface area contributed by atoms with Crippen molar-refractivity contribution in [3.63, 3.8) is 0 Å². The second-order valence-electron chi connectivity index (χ2n) is 11.1. The van der Waals surface area contributed by atoms with E-state index in [0.717, 1.165) is 25.5 Å². The standard InChI is InChI=1S/C31H33NO7/c1-16(33)24-23(34)15-20-12-19-13-21-22(32(2)3)14-18(11-7-10-17-8-5-4-6-9-17)27(35)26(21)28(36)25(19)30(38)31(20,39)29(24)37/h4-6,8-9,14,19-20,35-37,39H,7,10-13,15H2,1-3H3/t19-,20+,31-/m1/s1. The van der Waals surface area contributed by atoms with Gasteiger partial charge < -0.3 is 25.3 Å². The molecule has 0 spiro atoms. The number of phenols is 1. The lowest BCUT2D eigenvalue weighted by Gasteiger charge is -2.46. The highest BCUT2D eigenvalue weighted by atomic mass is 16.3. The first-order valence-electron chi connectivity index (χ1n) is 13.2. The summed E-state index contributed by atoms with van der Waals surface area (Å²) in [6.07, 6.45) is 2.29. The van der Waals surface area contributed by atoms with E-state index in [2.05, 4.69) is 0 Å². The molecule has 5 rings (SSSR count). The Labute approximate surface area is 226 Å². The molecule has 39 heavy (non-hydrogen) atoms. The van der Waals surface area contributed by atoms with Crippen LogP contribution in [0.3, 0.4) is 0 Å². The smallest absolute Gasteiger partial charge is 0.202 e. The molecule has 3 atom stereocenters. The third kappa shape index (κ3) is 4.14. The number of benzene rings is 2. The van der Waals surface area contributed by atoms with E-state index in [0.29, 0.717) is 24.0 Å². The number of carbonyl (C=O) groups excluding carboxylic acids is 3. The number of aliphatic hydroxyl groups is 3. The van der Waals surface area contributed by atoms with Crippen LogP contribution in [-0.4, -0.2) is 57.5 Å². The van der Waals surface area contributed by atoms with Crippen LogP contribution < -0.4 is 4.90 Å². The Morgan fingerprint density at radius 1 is 1.05 bits per heavy atom. The Balaban J connectivity index is 1.59. The summed E-state index contributed by atoms with van der Waals surface area (Å²) in [5.74, 6) is -5.24. The summed E-state index contributed by atoms with van der Waals surface area (Å²) < 4.78 is 0. The SMILES string of the molecule is CC(=O)C1=C(O)[C@@]2(O)C(=O)C3=C(O)c4c(O)c(CCCc5ccccc5)cc(N(C)C)c4C[C@H]3C[C@H]2CC1=O. The van der Waals surface area contributed by atoms with Crippen molar-refractivity contribution in [1.29, 1.82) is 0 Å². The Hall–Kier alpha value is -3.91. The fourth-order valence-electron chi connectivity index (χ4n) is 6.55. The van der Waals surface area contributed by atoms with Crippen LogP contribution in [0, 0.1) is 11.8 Å². The minimum absolute atomic E-state index is 0.0912. The van der Waals surface area contributed by atoms with E-state index in [9.17, 15) is 34.8 Å². The van der Waals surface area contributed by atoms with Gasteiger partial charge in [0.2, 0.25) is 5.78 Å². The van der Waals surface area contributed by atoms with Gasteiger partial charge in [0.1, 0.15) is 22.8 Å². The Kier molecular flexibility index (Phi) is 6.63. The number of rotatable bonds is 6. The largest absolute Gasteiger partial charge is 0.508 e. The molecule has 4 N–H and O–H groups in total. The monoisotopic (exact) mass is 531 g/mol. The first-order valence-corrected chi connectivity index (χ1v) is 13.2. The first-order chi connectivity index (χ1) is 18.5. The van der Waals surface area contributed by atoms with Gasteiger partial charge in [-0.2, -0.15) is 0 Å². The second kappa shape index (κ2) is 9.68. The second-order valence-corrected chi connectivity index (χ2v) is 11.1. The maximum Gasteiger partial charge on any atom is 0.202 e. The van der Waals surface area contributed by atoms with Gasteiger partial charge in [0.05, 0.1) is 5.56 Å². The molecule has 0 amide bonds. The van der Waals surface area contributed by atoms with Crippen LogP contribution in [-0.2, 0) is 33.6 Å². The lowest BCUT2D eigenvalue weighted by atomic mass is 9.59. The molecule has 0 aliphatic heterocycles. The number of aromatic hydroxyl groups is 1. The van der Waals surface area contributed by atoms with Crippen molar-refractivity contribution in [3.8, 4) is 5.75 Å². The average molecular weight is 532 g/mol. The Bertz CT molecular complexity index is 1450. The molecule has 3 aliphatic carbocycles. The lowest BCUT2D eigenvalue weighted by Crippen LogP contribution is -2.57. The number of nitrogens with zero attached hydrogens (tertiary/aromatic N) is 1. The molecule has 0 unspecified atom stereocenters. The number of aryl methyl sites for hydroxylation is 2. The Morgan fingerprint density at radius 2 is 1.74 bits per heavy atom. The summed E-state index contributed by atoms with van der Waals surface area (Å²) in [7, 11) is 3.74. The molecule has 0 saturated heterocycles. The normalized spacial score (nSPS) is 24.3. The lowest BCUT2D eigenvalue weighted by molar-refractivity contribution is -0.147. The van der Waals surface area contributed by atoms with Gasteiger partial charge in [-0.15, -0.1) is 0 Å². The third-order valence-electron chi connectivity index (χ3n) is 8.46. The van der Waals surface area contributed by atoms with E-state index >= 15 is 0 Å². The van der Waals surface area contributed by atoms with Crippen LogP contribution in [0.4, 0.5) is 5.69 Å². The zero-order valence-electron chi connectivity index (χ0n) is 22.3. The molecule has 0 bridgehead atoms. The Morgan fingerprint density at radius 3 is 2.38 bits per heavy atom. The summed E-state index contributed by atoms with van der Waals surface area (Å²) in [4.78, 5) is 40.4. The average Bonchev–Trinajstić information content (AvgIpc) is 2.87. The van der Waals surface area contributed by atoms with Crippen molar-refractivity contribution in [1.82, 2.24) is 0 Å². The number of fused-ring (bicyclic) bond motifs is 3. The van der Waals surface area contributed by atoms with Gasteiger partial charge in [0.15, 0.2) is 17.2 Å². The van der Waals surface area contributed by atoms with Gasteiger partial charge in [-0.25, -0.2) is 0 Å². The van der Waals surface area contributed by atoms with Gasteiger partial charge in [-0.1, -0.05) is 30.3 Å². The van der Waals surface area contributed by atoms with Crippen LogP contribution in [0.2, 0.25) is 0 Å². The topological polar surface area (TPSA) is 135 Å². The maximum atomic E-state index is 13.8. The van der Waals surface area contributed by atoms with E-state index < -0.39 is 51.9 Å².